The number of halogens is 2. The predicted octanol–water partition coefficient (Wildman–Crippen LogP) is 7.10. The Labute approximate surface area is 270 Å². The molecule has 42 heavy (non-hydrogen) atoms. The summed E-state index contributed by atoms with van der Waals surface area (Å²) in [5, 5.41) is 2.00. The van der Waals surface area contributed by atoms with Gasteiger partial charge in [0.25, 0.3) is 0 Å². The Hall–Kier alpha value is -1.19. The van der Waals surface area contributed by atoms with Gasteiger partial charge in [0.05, 0.1) is 26.7 Å². The van der Waals surface area contributed by atoms with E-state index >= 15 is 0 Å². The molecule has 0 aliphatic heterocycles. The van der Waals surface area contributed by atoms with Gasteiger partial charge >= 0.3 is 34.5 Å². The molecule has 0 saturated carbocycles. The quantitative estimate of drug-likeness (QED) is 0.156. The Bertz CT molecular complexity index is 1400. The van der Waals surface area contributed by atoms with E-state index in [1.165, 1.54) is 0 Å². The SMILES string of the molecule is Cc1ccc(S(=O)(=O)c2ccc(C)cc2[PH+](C)C)c([PH+](C)C)c1.NC(c1ccccc1)C(N)c1ccccc1.[Cl][Ru+2][Cl]. The number of nitrogens with two attached hydrogens (primary N) is 2. The molecular formula is C32H42Cl2N2O2P2RuS+4. The molecule has 0 saturated heterocycles. The van der Waals surface area contributed by atoms with Crippen molar-refractivity contribution in [3.05, 3.63) is 119 Å². The van der Waals surface area contributed by atoms with Crippen molar-refractivity contribution in [2.45, 2.75) is 35.7 Å². The summed E-state index contributed by atoms with van der Waals surface area (Å²) in [6.45, 7) is 12.6. The summed E-state index contributed by atoms with van der Waals surface area (Å²) in [6, 6.07) is 31.0. The molecule has 0 fully saturated rings. The van der Waals surface area contributed by atoms with Crippen molar-refractivity contribution in [2.24, 2.45) is 11.5 Å². The van der Waals surface area contributed by atoms with Crippen LogP contribution >= 0.6 is 35.2 Å². The molecule has 0 aliphatic carbocycles. The molecule has 0 bridgehead atoms. The van der Waals surface area contributed by atoms with E-state index in [0.29, 0.717) is 9.79 Å². The van der Waals surface area contributed by atoms with Crippen LogP contribution in [0, 0.1) is 13.8 Å². The van der Waals surface area contributed by atoms with E-state index < -0.39 is 25.7 Å². The second-order valence-electron chi connectivity index (χ2n) is 10.4. The molecule has 4 aromatic rings. The fourth-order valence-electron chi connectivity index (χ4n) is 4.42. The van der Waals surface area contributed by atoms with Crippen LogP contribution in [0.4, 0.5) is 0 Å². The Balaban J connectivity index is 0.000000282. The summed E-state index contributed by atoms with van der Waals surface area (Å²) < 4.78 is 26.7. The first-order chi connectivity index (χ1) is 19.8. The van der Waals surface area contributed by atoms with Crippen molar-refractivity contribution in [3.8, 4) is 0 Å². The fraction of sp³-hybridized carbons (Fsp3) is 0.250. The van der Waals surface area contributed by atoms with E-state index in [0.717, 1.165) is 32.9 Å². The number of hydrogen-bond donors (Lipinski definition) is 2. The number of rotatable bonds is 7. The molecular weight excluding hydrogens is 710 g/mol. The molecule has 4 nitrogen and oxygen atoms in total. The van der Waals surface area contributed by atoms with Crippen molar-refractivity contribution in [1.29, 1.82) is 0 Å². The third-order valence-corrected chi connectivity index (χ3v) is 11.9. The molecule has 2 atom stereocenters. The average molecular weight is 753 g/mol. The van der Waals surface area contributed by atoms with Crippen LogP contribution in [-0.4, -0.2) is 35.1 Å². The Morgan fingerprint density at radius 2 is 0.929 bits per heavy atom. The van der Waals surface area contributed by atoms with Crippen LogP contribution in [-0.2, 0) is 25.0 Å². The molecule has 0 radical (unpaired) electrons. The van der Waals surface area contributed by atoms with Crippen LogP contribution in [0.25, 0.3) is 0 Å². The van der Waals surface area contributed by atoms with Crippen molar-refractivity contribution in [2.75, 3.05) is 26.7 Å². The standard InChI is InChI=1S/C18H24O2P2S.C14H16N2.2ClH.Ru/c1-13-7-9-17(15(11-13)21(3)4)23(19,20)18-10-8-14(2)12-16(18)22(5)6;15-13(11-7-3-1-4-8-11)14(16)12-9-5-2-6-10-12;;;/h7-12H,1-6H3;1-10,13-14H,15-16H2;2*1H;/q;;;;+4. The Morgan fingerprint density at radius 1 is 0.619 bits per heavy atom. The molecule has 4 aromatic carbocycles. The number of aryl methyl sites for hydroxylation is 2. The zero-order valence-corrected chi connectivity index (χ0v) is 30.9. The van der Waals surface area contributed by atoms with E-state index in [9.17, 15) is 8.42 Å². The van der Waals surface area contributed by atoms with Crippen LogP contribution in [0.1, 0.15) is 34.3 Å². The van der Waals surface area contributed by atoms with Gasteiger partial charge in [-0.05, 0) is 60.4 Å². The molecule has 10 heteroatoms. The van der Waals surface area contributed by atoms with Gasteiger partial charge in [0.2, 0.25) is 9.84 Å². The monoisotopic (exact) mass is 752 g/mol. The van der Waals surface area contributed by atoms with Gasteiger partial charge in [0, 0.05) is 27.9 Å². The molecule has 0 amide bonds. The first-order valence-electron chi connectivity index (χ1n) is 13.4. The summed E-state index contributed by atoms with van der Waals surface area (Å²) in [6.07, 6.45) is 0. The molecule has 2 unspecified atom stereocenters. The molecule has 226 valence electrons. The van der Waals surface area contributed by atoms with Gasteiger partial charge in [0.1, 0.15) is 20.4 Å². The molecule has 0 spiro atoms. The van der Waals surface area contributed by atoms with Gasteiger partial charge in [-0.25, -0.2) is 8.42 Å². The minimum absolute atomic E-state index is 0.163. The van der Waals surface area contributed by atoms with Gasteiger partial charge < -0.3 is 11.5 Å². The van der Waals surface area contributed by atoms with Gasteiger partial charge in [-0.3, -0.25) is 0 Å². The van der Waals surface area contributed by atoms with E-state index in [-0.39, 0.29) is 27.2 Å². The summed E-state index contributed by atoms with van der Waals surface area (Å²) in [4.78, 5) is 0.991. The van der Waals surface area contributed by atoms with E-state index in [2.05, 4.69) is 26.7 Å². The van der Waals surface area contributed by atoms with Gasteiger partial charge in [0.15, 0.2) is 0 Å². The first kappa shape index (κ1) is 37.0. The number of hydrogen-bond acceptors (Lipinski definition) is 4. The topological polar surface area (TPSA) is 86.2 Å². The van der Waals surface area contributed by atoms with Gasteiger partial charge in [-0.2, -0.15) is 0 Å². The van der Waals surface area contributed by atoms with Crippen LogP contribution in [0.15, 0.2) is 107 Å². The first-order valence-corrected chi connectivity index (χ1v) is 24.3. The molecule has 0 heterocycles. The zero-order valence-electron chi connectivity index (χ0n) is 24.9. The van der Waals surface area contributed by atoms with E-state index in [4.69, 9.17) is 30.8 Å². The van der Waals surface area contributed by atoms with Crippen molar-refractivity contribution >= 4 is 55.7 Å². The fourth-order valence-corrected chi connectivity index (χ4v) is 10.1. The van der Waals surface area contributed by atoms with Crippen molar-refractivity contribution < 1.29 is 23.6 Å². The summed E-state index contributed by atoms with van der Waals surface area (Å²) in [7, 11) is 4.51. The van der Waals surface area contributed by atoms with Crippen LogP contribution in [0.2, 0.25) is 0 Å². The molecule has 0 aliphatic rings. The average Bonchev–Trinajstić information content (AvgIpc) is 2.97. The van der Waals surface area contributed by atoms with Crippen LogP contribution in [0.5, 0.6) is 0 Å². The second-order valence-corrected chi connectivity index (χ2v) is 20.0. The van der Waals surface area contributed by atoms with Crippen LogP contribution in [0.3, 0.4) is 0 Å². The number of sulfone groups is 1. The summed E-state index contributed by atoms with van der Waals surface area (Å²) in [5.74, 6) is 0. The maximum absolute atomic E-state index is 13.3. The third-order valence-electron chi connectivity index (χ3n) is 6.68. The summed E-state index contributed by atoms with van der Waals surface area (Å²) in [5.41, 5.74) is 16.7. The van der Waals surface area contributed by atoms with E-state index in [1.54, 1.807) is 12.1 Å². The van der Waals surface area contributed by atoms with Gasteiger partial charge in [-0.15, -0.1) is 0 Å². The molecule has 4 N–H and O–H groups in total. The molecule has 0 aromatic heterocycles. The third kappa shape index (κ3) is 10.5. The minimum atomic E-state index is -3.47. The van der Waals surface area contributed by atoms with Crippen LogP contribution < -0.4 is 22.1 Å². The second kappa shape index (κ2) is 17.9. The maximum atomic E-state index is 13.3. The van der Waals surface area contributed by atoms with Crippen molar-refractivity contribution in [1.82, 2.24) is 0 Å². The normalized spacial score (nSPS) is 12.6. The van der Waals surface area contributed by atoms with E-state index in [1.807, 2.05) is 98.8 Å². The Morgan fingerprint density at radius 3 is 1.21 bits per heavy atom. The number of benzene rings is 4. The molecule has 4 rings (SSSR count). The van der Waals surface area contributed by atoms with Crippen molar-refractivity contribution in [3.63, 3.8) is 0 Å². The zero-order chi connectivity index (χ0) is 31.4. The Kier molecular flexibility index (Phi) is 15.8. The predicted molar refractivity (Wildman–Crippen MR) is 186 cm³/mol. The summed E-state index contributed by atoms with van der Waals surface area (Å²) >= 11 is -0.346. The van der Waals surface area contributed by atoms with Gasteiger partial charge in [-0.1, -0.05) is 72.8 Å².